The van der Waals surface area contributed by atoms with E-state index in [1.54, 1.807) is 7.11 Å². The molecule has 0 bridgehead atoms. The van der Waals surface area contributed by atoms with Crippen LogP contribution < -0.4 is 0 Å². The predicted octanol–water partition coefficient (Wildman–Crippen LogP) is 1.76. The highest BCUT2D eigenvalue weighted by atomic mass is 16.5. The van der Waals surface area contributed by atoms with Gasteiger partial charge in [-0.15, -0.1) is 0 Å². The molecule has 1 fully saturated rings. The zero-order chi connectivity index (χ0) is 7.23. The molecule has 0 atom stereocenters. The Bertz CT molecular complexity index is 75.3. The van der Waals surface area contributed by atoms with Gasteiger partial charge in [-0.2, -0.15) is 0 Å². The molecule has 0 amide bonds. The zero-order valence-corrected chi connectivity index (χ0v) is 6.56. The van der Waals surface area contributed by atoms with Crippen molar-refractivity contribution in [1.29, 1.82) is 0 Å². The maximum atomic E-state index is 5.44. The molecule has 2 nitrogen and oxygen atoms in total. The second-order valence-electron chi connectivity index (χ2n) is 2.63. The lowest BCUT2D eigenvalue weighted by atomic mass is 10.1. The maximum Gasteiger partial charge on any atom is 0.122 e. The lowest BCUT2D eigenvalue weighted by Crippen LogP contribution is -2.08. The summed E-state index contributed by atoms with van der Waals surface area (Å²) in [6.45, 7) is 1.57. The minimum atomic E-state index is 0.681. The summed E-state index contributed by atoms with van der Waals surface area (Å²) in [5.74, 6) is 0. The third kappa shape index (κ3) is 2.67. The Hall–Kier alpha value is -0.0800. The molecule has 1 rings (SSSR count). The standard InChI is InChI=1S/C8H15O2/c1-9-7-8-5-3-2-4-6-10-8/h2-7H2,1H3. The monoisotopic (exact) mass is 143 g/mol. The highest BCUT2D eigenvalue weighted by molar-refractivity contribution is 4.79. The lowest BCUT2D eigenvalue weighted by molar-refractivity contribution is 0.0758. The summed E-state index contributed by atoms with van der Waals surface area (Å²) in [6.07, 6.45) is 5.98. The average Bonchev–Trinajstić information content (AvgIpc) is 2.17. The molecule has 2 heteroatoms. The number of rotatable bonds is 2. The van der Waals surface area contributed by atoms with Gasteiger partial charge in [-0.25, -0.2) is 0 Å². The van der Waals surface area contributed by atoms with Crippen LogP contribution in [0.3, 0.4) is 0 Å². The van der Waals surface area contributed by atoms with E-state index in [4.69, 9.17) is 9.47 Å². The zero-order valence-electron chi connectivity index (χ0n) is 6.56. The van der Waals surface area contributed by atoms with Crippen molar-refractivity contribution < 1.29 is 9.47 Å². The molecule has 0 aliphatic carbocycles. The van der Waals surface area contributed by atoms with Crippen molar-refractivity contribution in [3.8, 4) is 0 Å². The highest BCUT2D eigenvalue weighted by Gasteiger charge is 2.12. The van der Waals surface area contributed by atoms with Crippen LogP contribution in [0, 0.1) is 6.10 Å². The first-order valence-electron chi connectivity index (χ1n) is 3.90. The van der Waals surface area contributed by atoms with E-state index in [9.17, 15) is 0 Å². The van der Waals surface area contributed by atoms with E-state index in [1.165, 1.54) is 19.3 Å². The second kappa shape index (κ2) is 4.69. The molecule has 0 aromatic heterocycles. The summed E-state index contributed by atoms with van der Waals surface area (Å²) in [6, 6.07) is 0. The van der Waals surface area contributed by atoms with Gasteiger partial charge in [-0.05, 0) is 12.8 Å². The molecule has 10 heavy (non-hydrogen) atoms. The summed E-state index contributed by atoms with van der Waals surface area (Å²) in [4.78, 5) is 0. The van der Waals surface area contributed by atoms with E-state index in [1.807, 2.05) is 0 Å². The summed E-state index contributed by atoms with van der Waals surface area (Å²) in [7, 11) is 1.71. The molecule has 1 aliphatic rings. The molecule has 1 aliphatic heterocycles. The van der Waals surface area contributed by atoms with Crippen LogP contribution in [-0.2, 0) is 9.47 Å². The third-order valence-electron chi connectivity index (χ3n) is 1.71. The lowest BCUT2D eigenvalue weighted by Gasteiger charge is -2.10. The minimum absolute atomic E-state index is 0.681. The molecule has 1 heterocycles. The fourth-order valence-electron chi connectivity index (χ4n) is 1.16. The second-order valence-corrected chi connectivity index (χ2v) is 2.63. The Morgan fingerprint density at radius 3 is 3.10 bits per heavy atom. The molecule has 59 valence electrons. The van der Waals surface area contributed by atoms with Crippen LogP contribution in [0.15, 0.2) is 0 Å². The van der Waals surface area contributed by atoms with Crippen LogP contribution >= 0.6 is 0 Å². The van der Waals surface area contributed by atoms with Gasteiger partial charge in [0.25, 0.3) is 0 Å². The normalized spacial score (nSPS) is 22.5. The van der Waals surface area contributed by atoms with Gasteiger partial charge in [0, 0.05) is 13.7 Å². The Morgan fingerprint density at radius 1 is 1.40 bits per heavy atom. The van der Waals surface area contributed by atoms with E-state index in [0.29, 0.717) is 6.61 Å². The van der Waals surface area contributed by atoms with E-state index < -0.39 is 0 Å². The van der Waals surface area contributed by atoms with Gasteiger partial charge in [0.15, 0.2) is 0 Å². The molecular weight excluding hydrogens is 128 g/mol. The van der Waals surface area contributed by atoms with E-state index in [2.05, 4.69) is 0 Å². The molecule has 0 saturated carbocycles. The van der Waals surface area contributed by atoms with Crippen molar-refractivity contribution >= 4 is 0 Å². The summed E-state index contributed by atoms with van der Waals surface area (Å²) in [5.41, 5.74) is 0. The average molecular weight is 143 g/mol. The van der Waals surface area contributed by atoms with Crippen molar-refractivity contribution in [2.45, 2.75) is 25.7 Å². The van der Waals surface area contributed by atoms with Gasteiger partial charge in [-0.3, -0.25) is 0 Å². The third-order valence-corrected chi connectivity index (χ3v) is 1.71. The Morgan fingerprint density at radius 2 is 2.30 bits per heavy atom. The van der Waals surface area contributed by atoms with Crippen molar-refractivity contribution in [3.63, 3.8) is 0 Å². The van der Waals surface area contributed by atoms with Gasteiger partial charge in [0.2, 0.25) is 0 Å². The van der Waals surface area contributed by atoms with E-state index >= 15 is 0 Å². The molecule has 0 aromatic rings. The largest absolute Gasteiger partial charge is 0.382 e. The number of ether oxygens (including phenoxy) is 2. The molecule has 0 aromatic carbocycles. The molecule has 1 saturated heterocycles. The quantitative estimate of drug-likeness (QED) is 0.586. The smallest absolute Gasteiger partial charge is 0.122 e. The Kier molecular flexibility index (Phi) is 3.76. The molecule has 0 spiro atoms. The predicted molar refractivity (Wildman–Crippen MR) is 39.5 cm³/mol. The maximum absolute atomic E-state index is 5.44. The van der Waals surface area contributed by atoms with Gasteiger partial charge in [0.1, 0.15) is 6.10 Å². The van der Waals surface area contributed by atoms with Crippen molar-refractivity contribution in [3.05, 3.63) is 6.10 Å². The van der Waals surface area contributed by atoms with Gasteiger partial charge in [0.05, 0.1) is 6.61 Å². The molecular formula is C8H15O2. The molecule has 1 radical (unpaired) electrons. The Balaban J connectivity index is 2.15. The summed E-state index contributed by atoms with van der Waals surface area (Å²) >= 11 is 0. The van der Waals surface area contributed by atoms with Gasteiger partial charge >= 0.3 is 0 Å². The molecule has 0 unspecified atom stereocenters. The SMILES string of the molecule is COC[C]1CCCCCO1. The van der Waals surface area contributed by atoms with Gasteiger partial charge < -0.3 is 9.47 Å². The van der Waals surface area contributed by atoms with Crippen LogP contribution in [0.1, 0.15) is 25.7 Å². The van der Waals surface area contributed by atoms with Gasteiger partial charge in [-0.1, -0.05) is 12.8 Å². The number of hydrogen-bond acceptors (Lipinski definition) is 2. The first-order chi connectivity index (χ1) is 4.93. The first kappa shape index (κ1) is 8.02. The van der Waals surface area contributed by atoms with Crippen molar-refractivity contribution in [1.82, 2.24) is 0 Å². The van der Waals surface area contributed by atoms with Crippen LogP contribution in [0.2, 0.25) is 0 Å². The highest BCUT2D eigenvalue weighted by Crippen LogP contribution is 2.18. The fourth-order valence-corrected chi connectivity index (χ4v) is 1.16. The molecule has 0 N–H and O–H groups in total. The van der Waals surface area contributed by atoms with E-state index in [0.717, 1.165) is 19.1 Å². The fraction of sp³-hybridized carbons (Fsp3) is 0.875. The van der Waals surface area contributed by atoms with Crippen LogP contribution in [0.4, 0.5) is 0 Å². The number of methoxy groups -OCH3 is 1. The summed E-state index contributed by atoms with van der Waals surface area (Å²) in [5, 5.41) is 0. The topological polar surface area (TPSA) is 18.5 Å². The van der Waals surface area contributed by atoms with Crippen molar-refractivity contribution in [2.24, 2.45) is 0 Å². The summed E-state index contributed by atoms with van der Waals surface area (Å²) < 4.78 is 10.4. The first-order valence-corrected chi connectivity index (χ1v) is 3.90. The van der Waals surface area contributed by atoms with Crippen LogP contribution in [0.25, 0.3) is 0 Å². The van der Waals surface area contributed by atoms with Crippen LogP contribution in [0.5, 0.6) is 0 Å². The number of hydrogen-bond donors (Lipinski definition) is 0. The van der Waals surface area contributed by atoms with E-state index in [-0.39, 0.29) is 0 Å². The van der Waals surface area contributed by atoms with Crippen LogP contribution in [-0.4, -0.2) is 20.3 Å². The van der Waals surface area contributed by atoms with Crippen molar-refractivity contribution in [2.75, 3.05) is 20.3 Å². The minimum Gasteiger partial charge on any atom is -0.382 e. The Labute approximate surface area is 62.5 Å².